The first-order valence-electron chi connectivity index (χ1n) is 4.95. The van der Waals surface area contributed by atoms with E-state index < -0.39 is 0 Å². The highest BCUT2D eigenvalue weighted by Crippen LogP contribution is 2.21. The molecular weight excluding hydrogens is 222 g/mol. The molecule has 2 aromatic rings. The lowest BCUT2D eigenvalue weighted by molar-refractivity contribution is 0.484. The van der Waals surface area contributed by atoms with Crippen LogP contribution in [0.2, 0.25) is 0 Å². The lowest BCUT2D eigenvalue weighted by Crippen LogP contribution is -1.98. The van der Waals surface area contributed by atoms with Gasteiger partial charge < -0.3 is 4.74 Å². The Kier molecular flexibility index (Phi) is 3.21. The van der Waals surface area contributed by atoms with Crippen molar-refractivity contribution in [1.29, 1.82) is 0 Å². The molecule has 0 fully saturated rings. The van der Waals surface area contributed by atoms with E-state index in [0.717, 1.165) is 11.1 Å². The standard InChI is InChI=1S/C13H12FOP/c1-9-2-7-12(13(16)8-9)15-11-5-3-10(14)4-6-11/h2-8H,16H2,1H3. The number of ether oxygens (including phenoxy) is 1. The van der Waals surface area contributed by atoms with Crippen LogP contribution in [0.15, 0.2) is 42.5 Å². The number of benzene rings is 2. The fourth-order valence-electron chi connectivity index (χ4n) is 1.39. The Bertz CT molecular complexity index is 494. The lowest BCUT2D eigenvalue weighted by atomic mass is 10.2. The normalized spacial score (nSPS) is 10.2. The van der Waals surface area contributed by atoms with Gasteiger partial charge >= 0.3 is 0 Å². The first kappa shape index (κ1) is 11.1. The van der Waals surface area contributed by atoms with Crippen LogP contribution in [0.4, 0.5) is 4.39 Å². The number of hydrogen-bond acceptors (Lipinski definition) is 1. The summed E-state index contributed by atoms with van der Waals surface area (Å²) in [5, 5.41) is 0.990. The summed E-state index contributed by atoms with van der Waals surface area (Å²) in [6.45, 7) is 2.02. The number of rotatable bonds is 2. The molecule has 2 aromatic carbocycles. The molecule has 0 aliphatic rings. The largest absolute Gasteiger partial charge is 0.457 e. The van der Waals surface area contributed by atoms with E-state index in [0.29, 0.717) is 5.75 Å². The van der Waals surface area contributed by atoms with Crippen molar-refractivity contribution in [1.82, 2.24) is 0 Å². The third kappa shape index (κ3) is 2.59. The molecule has 0 radical (unpaired) electrons. The molecular formula is C13H12FOP. The van der Waals surface area contributed by atoms with E-state index in [-0.39, 0.29) is 5.82 Å². The minimum absolute atomic E-state index is 0.262. The zero-order valence-corrected chi connectivity index (χ0v) is 10.1. The predicted octanol–water partition coefficient (Wildman–Crippen LogP) is 3.43. The zero-order chi connectivity index (χ0) is 11.5. The fourth-order valence-corrected chi connectivity index (χ4v) is 1.81. The Morgan fingerprint density at radius 2 is 1.75 bits per heavy atom. The van der Waals surface area contributed by atoms with Gasteiger partial charge in [-0.25, -0.2) is 4.39 Å². The summed E-state index contributed by atoms with van der Waals surface area (Å²) >= 11 is 0. The summed E-state index contributed by atoms with van der Waals surface area (Å²) in [5.41, 5.74) is 1.18. The van der Waals surface area contributed by atoms with Crippen LogP contribution in [-0.2, 0) is 0 Å². The van der Waals surface area contributed by atoms with E-state index in [4.69, 9.17) is 4.74 Å². The molecule has 16 heavy (non-hydrogen) atoms. The van der Waals surface area contributed by atoms with Crippen LogP contribution in [-0.4, -0.2) is 0 Å². The van der Waals surface area contributed by atoms with Gasteiger partial charge in [-0.3, -0.25) is 0 Å². The van der Waals surface area contributed by atoms with Crippen molar-refractivity contribution in [2.75, 3.05) is 0 Å². The Hall–Kier alpha value is -1.40. The molecule has 0 saturated carbocycles. The molecule has 0 N–H and O–H groups in total. The molecule has 3 heteroatoms. The minimum Gasteiger partial charge on any atom is -0.457 e. The highest BCUT2D eigenvalue weighted by molar-refractivity contribution is 7.27. The maximum atomic E-state index is 12.7. The monoisotopic (exact) mass is 234 g/mol. The molecule has 0 aromatic heterocycles. The second-order valence-corrected chi connectivity index (χ2v) is 4.22. The molecule has 0 aliphatic carbocycles. The number of hydrogen-bond donors (Lipinski definition) is 0. The molecule has 1 nitrogen and oxygen atoms in total. The fraction of sp³-hybridized carbons (Fsp3) is 0.0769. The van der Waals surface area contributed by atoms with Crippen LogP contribution in [0.3, 0.4) is 0 Å². The average Bonchev–Trinajstić information content (AvgIpc) is 2.25. The van der Waals surface area contributed by atoms with Gasteiger partial charge in [0.15, 0.2) is 0 Å². The van der Waals surface area contributed by atoms with Crippen LogP contribution < -0.4 is 10.0 Å². The number of aryl methyl sites for hydroxylation is 1. The van der Waals surface area contributed by atoms with Crippen molar-refractivity contribution in [3.8, 4) is 11.5 Å². The lowest BCUT2D eigenvalue weighted by Gasteiger charge is -2.08. The third-order valence-electron chi connectivity index (χ3n) is 2.21. The highest BCUT2D eigenvalue weighted by atomic mass is 31.0. The van der Waals surface area contributed by atoms with Crippen LogP contribution >= 0.6 is 9.24 Å². The van der Waals surface area contributed by atoms with Gasteiger partial charge in [-0.2, -0.15) is 0 Å². The van der Waals surface area contributed by atoms with Crippen molar-refractivity contribution < 1.29 is 9.13 Å². The Morgan fingerprint density at radius 1 is 1.06 bits per heavy atom. The Morgan fingerprint density at radius 3 is 2.38 bits per heavy atom. The molecule has 0 amide bonds. The topological polar surface area (TPSA) is 9.23 Å². The maximum absolute atomic E-state index is 12.7. The molecule has 1 atom stereocenters. The third-order valence-corrected chi connectivity index (χ3v) is 2.66. The molecule has 1 unspecified atom stereocenters. The van der Waals surface area contributed by atoms with E-state index >= 15 is 0 Å². The van der Waals surface area contributed by atoms with Crippen LogP contribution in [0.5, 0.6) is 11.5 Å². The molecule has 0 saturated heterocycles. The van der Waals surface area contributed by atoms with E-state index in [1.807, 2.05) is 25.1 Å². The van der Waals surface area contributed by atoms with E-state index in [1.54, 1.807) is 12.1 Å². The molecule has 0 heterocycles. The van der Waals surface area contributed by atoms with E-state index in [9.17, 15) is 4.39 Å². The van der Waals surface area contributed by atoms with Crippen molar-refractivity contribution in [2.24, 2.45) is 0 Å². The summed E-state index contributed by atoms with van der Waals surface area (Å²) in [4.78, 5) is 0. The Balaban J connectivity index is 2.23. The van der Waals surface area contributed by atoms with Gasteiger partial charge in [-0.15, -0.1) is 9.24 Å². The average molecular weight is 234 g/mol. The summed E-state index contributed by atoms with van der Waals surface area (Å²) in [5.74, 6) is 1.14. The molecule has 0 bridgehead atoms. The number of halogens is 1. The smallest absolute Gasteiger partial charge is 0.134 e. The van der Waals surface area contributed by atoms with Gasteiger partial charge in [0.2, 0.25) is 0 Å². The summed E-state index contributed by atoms with van der Waals surface area (Å²) in [7, 11) is 2.63. The van der Waals surface area contributed by atoms with E-state index in [1.165, 1.54) is 17.7 Å². The van der Waals surface area contributed by atoms with Crippen LogP contribution in [0.1, 0.15) is 5.56 Å². The summed E-state index contributed by atoms with van der Waals surface area (Å²) < 4.78 is 18.3. The first-order valence-corrected chi connectivity index (χ1v) is 5.52. The highest BCUT2D eigenvalue weighted by Gasteiger charge is 2.01. The quantitative estimate of drug-likeness (QED) is 0.723. The maximum Gasteiger partial charge on any atom is 0.134 e. The van der Waals surface area contributed by atoms with Crippen LogP contribution in [0.25, 0.3) is 0 Å². The van der Waals surface area contributed by atoms with Gasteiger partial charge in [0.05, 0.1) is 0 Å². The Labute approximate surface area is 96.5 Å². The molecule has 82 valence electrons. The van der Waals surface area contributed by atoms with Gasteiger partial charge in [0.1, 0.15) is 17.3 Å². The van der Waals surface area contributed by atoms with Crippen molar-refractivity contribution >= 4 is 14.5 Å². The van der Waals surface area contributed by atoms with Crippen molar-refractivity contribution in [3.63, 3.8) is 0 Å². The summed E-state index contributed by atoms with van der Waals surface area (Å²) in [6.07, 6.45) is 0. The van der Waals surface area contributed by atoms with Gasteiger partial charge in [0.25, 0.3) is 0 Å². The van der Waals surface area contributed by atoms with Crippen LogP contribution in [0, 0.1) is 12.7 Å². The van der Waals surface area contributed by atoms with Gasteiger partial charge in [-0.1, -0.05) is 11.6 Å². The summed E-state index contributed by atoms with van der Waals surface area (Å²) in [6, 6.07) is 11.9. The van der Waals surface area contributed by atoms with Gasteiger partial charge in [-0.05, 0) is 43.3 Å². The van der Waals surface area contributed by atoms with Gasteiger partial charge in [0, 0.05) is 5.30 Å². The van der Waals surface area contributed by atoms with Crippen molar-refractivity contribution in [2.45, 2.75) is 6.92 Å². The molecule has 2 rings (SSSR count). The first-order chi connectivity index (χ1) is 7.65. The van der Waals surface area contributed by atoms with E-state index in [2.05, 4.69) is 9.24 Å². The molecule has 0 spiro atoms. The molecule has 0 aliphatic heterocycles. The SMILES string of the molecule is Cc1ccc(Oc2ccc(F)cc2)c(P)c1. The van der Waals surface area contributed by atoms with Crippen molar-refractivity contribution in [3.05, 3.63) is 53.8 Å². The predicted molar refractivity (Wildman–Crippen MR) is 67.0 cm³/mol. The second-order valence-electron chi connectivity index (χ2n) is 3.60. The zero-order valence-electron chi connectivity index (χ0n) is 8.91. The minimum atomic E-state index is -0.262. The second kappa shape index (κ2) is 4.63.